The van der Waals surface area contributed by atoms with Crippen molar-refractivity contribution in [3.63, 3.8) is 0 Å². The van der Waals surface area contributed by atoms with Crippen molar-refractivity contribution in [2.75, 3.05) is 31.6 Å². The quantitative estimate of drug-likeness (QED) is 0.544. The Hall–Kier alpha value is -2.23. The maximum atomic E-state index is 13.6. The third-order valence-corrected chi connectivity index (χ3v) is 9.94. The summed E-state index contributed by atoms with van der Waals surface area (Å²) in [5.41, 5.74) is 2.76. The van der Waals surface area contributed by atoms with Crippen molar-refractivity contribution in [2.45, 2.75) is 81.9 Å². The summed E-state index contributed by atoms with van der Waals surface area (Å²) in [6, 6.07) is 6.14. The Bertz CT molecular complexity index is 1090. The Labute approximate surface area is 223 Å². The van der Waals surface area contributed by atoms with Crippen molar-refractivity contribution in [1.29, 1.82) is 0 Å². The number of nitrogens with zero attached hydrogens (tertiary/aromatic N) is 2. The molecule has 1 aromatic carbocycles. The first kappa shape index (κ1) is 25.1. The molecular weight excluding hydrogens is 486 g/mol. The van der Waals surface area contributed by atoms with Crippen LogP contribution in [-0.4, -0.2) is 67.1 Å². The number of piperidine rings is 2. The number of aryl methyl sites for hydroxylation is 1. The van der Waals surface area contributed by atoms with Crippen LogP contribution in [0.2, 0.25) is 0 Å². The van der Waals surface area contributed by atoms with Gasteiger partial charge in [-0.1, -0.05) is 18.2 Å². The molecule has 3 amide bonds. The van der Waals surface area contributed by atoms with E-state index in [1.165, 1.54) is 19.3 Å². The van der Waals surface area contributed by atoms with Crippen molar-refractivity contribution >= 4 is 29.4 Å². The number of carbonyl (C=O) groups is 2. The van der Waals surface area contributed by atoms with E-state index in [1.807, 2.05) is 17.0 Å². The number of hydrogen-bond acceptors (Lipinski definition) is 6. The van der Waals surface area contributed by atoms with E-state index in [-0.39, 0.29) is 35.3 Å². The Balaban J connectivity index is 1.22. The van der Waals surface area contributed by atoms with Gasteiger partial charge in [0.1, 0.15) is 5.75 Å². The molecule has 9 heteroatoms. The van der Waals surface area contributed by atoms with E-state index in [9.17, 15) is 9.59 Å². The fraction of sp³-hybridized carbons (Fsp3) is 0.643. The average molecular weight is 526 g/mol. The lowest BCUT2D eigenvalue weighted by Crippen LogP contribution is -2.62. The van der Waals surface area contributed by atoms with E-state index in [2.05, 4.69) is 40.9 Å². The Morgan fingerprint density at radius 1 is 1.14 bits per heavy atom. The van der Waals surface area contributed by atoms with Crippen LogP contribution in [0.15, 0.2) is 28.8 Å². The molecule has 3 unspecified atom stereocenters. The number of ether oxygens (including phenoxy) is 1. The van der Waals surface area contributed by atoms with Crippen LogP contribution in [-0.2, 0) is 4.79 Å². The summed E-state index contributed by atoms with van der Waals surface area (Å²) >= 11 is 1.58. The zero-order valence-corrected chi connectivity index (χ0v) is 22.7. The predicted octanol–water partition coefficient (Wildman–Crippen LogP) is 3.71. The van der Waals surface area contributed by atoms with E-state index in [1.54, 1.807) is 11.8 Å². The molecule has 0 spiro atoms. The van der Waals surface area contributed by atoms with Crippen LogP contribution in [0.25, 0.3) is 0 Å². The van der Waals surface area contributed by atoms with Gasteiger partial charge in [0.05, 0.1) is 22.4 Å². The molecule has 0 radical (unpaired) electrons. The molecule has 0 bridgehead atoms. The van der Waals surface area contributed by atoms with E-state index in [0.29, 0.717) is 11.0 Å². The third kappa shape index (κ3) is 4.98. The second kappa shape index (κ2) is 10.5. The maximum Gasteiger partial charge on any atom is 0.326 e. The summed E-state index contributed by atoms with van der Waals surface area (Å²) in [6.07, 6.45) is 9.24. The van der Waals surface area contributed by atoms with Gasteiger partial charge in [-0.05, 0) is 95.8 Å². The summed E-state index contributed by atoms with van der Waals surface area (Å²) < 4.78 is 6.28. The molecule has 6 rings (SSSR count). The third-order valence-electron chi connectivity index (χ3n) is 8.59. The summed E-state index contributed by atoms with van der Waals surface area (Å²) in [7, 11) is 2.10. The van der Waals surface area contributed by atoms with Crippen LogP contribution in [0.5, 0.6) is 5.75 Å². The second-order valence-corrected chi connectivity index (χ2v) is 12.5. The number of nitrogens with one attached hydrogen (secondary N) is 3. The lowest BCUT2D eigenvalue weighted by Gasteiger charge is -2.46. The molecule has 0 aromatic heterocycles. The second-order valence-electron chi connectivity index (χ2n) is 11.3. The molecule has 8 nitrogen and oxygen atoms in total. The molecule has 4 heterocycles. The van der Waals surface area contributed by atoms with Gasteiger partial charge < -0.3 is 25.6 Å². The SMILES string of the molecule is Cc1cc(OC2CCCCC2)ccc1N1C(=O)NC2=C(C(=O)N[C@@H]3CCCN(C)C3)SC3NCCC1C23. The van der Waals surface area contributed by atoms with Gasteiger partial charge in [0.2, 0.25) is 0 Å². The maximum absolute atomic E-state index is 13.6. The number of urea groups is 1. The van der Waals surface area contributed by atoms with Gasteiger partial charge in [-0.25, -0.2) is 4.79 Å². The zero-order valence-electron chi connectivity index (χ0n) is 21.9. The minimum atomic E-state index is -0.147. The molecule has 1 saturated carbocycles. The first-order chi connectivity index (χ1) is 18.0. The molecule has 3 saturated heterocycles. The van der Waals surface area contributed by atoms with E-state index in [0.717, 1.165) is 74.4 Å². The molecule has 1 aromatic rings. The number of thioether (sulfide) groups is 1. The number of rotatable bonds is 5. The summed E-state index contributed by atoms with van der Waals surface area (Å²) in [5, 5.41) is 10.1. The highest BCUT2D eigenvalue weighted by molar-refractivity contribution is 8.04. The van der Waals surface area contributed by atoms with E-state index < -0.39 is 0 Å². The van der Waals surface area contributed by atoms with Crippen LogP contribution in [0, 0.1) is 12.8 Å². The fourth-order valence-corrected chi connectivity index (χ4v) is 8.18. The number of carbonyl (C=O) groups excluding carboxylic acids is 2. The summed E-state index contributed by atoms with van der Waals surface area (Å²) in [4.78, 5) is 31.8. The van der Waals surface area contributed by atoms with Gasteiger partial charge >= 0.3 is 6.03 Å². The predicted molar refractivity (Wildman–Crippen MR) is 147 cm³/mol. The number of likely N-dealkylation sites (tertiary alicyclic amines) is 1. The van der Waals surface area contributed by atoms with Crippen LogP contribution >= 0.6 is 11.8 Å². The number of likely N-dealkylation sites (N-methyl/N-ethyl adjacent to an activating group) is 1. The van der Waals surface area contributed by atoms with Crippen molar-refractivity contribution in [3.8, 4) is 5.75 Å². The Morgan fingerprint density at radius 3 is 2.76 bits per heavy atom. The number of benzene rings is 1. The molecule has 37 heavy (non-hydrogen) atoms. The Morgan fingerprint density at radius 2 is 1.97 bits per heavy atom. The number of hydrogen-bond donors (Lipinski definition) is 3. The first-order valence-electron chi connectivity index (χ1n) is 14.0. The average Bonchev–Trinajstić information content (AvgIpc) is 3.25. The molecule has 200 valence electrons. The molecule has 5 aliphatic rings. The summed E-state index contributed by atoms with van der Waals surface area (Å²) in [5.74, 6) is 0.895. The van der Waals surface area contributed by atoms with Crippen molar-refractivity contribution < 1.29 is 14.3 Å². The van der Waals surface area contributed by atoms with Gasteiger partial charge in [0.15, 0.2) is 0 Å². The topological polar surface area (TPSA) is 85.9 Å². The van der Waals surface area contributed by atoms with Gasteiger partial charge in [0.25, 0.3) is 5.91 Å². The van der Waals surface area contributed by atoms with Crippen LogP contribution < -0.4 is 25.6 Å². The van der Waals surface area contributed by atoms with Gasteiger partial charge in [0, 0.05) is 29.9 Å². The lowest BCUT2D eigenvalue weighted by molar-refractivity contribution is -0.117. The van der Waals surface area contributed by atoms with Crippen molar-refractivity contribution in [2.24, 2.45) is 5.92 Å². The monoisotopic (exact) mass is 525 g/mol. The highest BCUT2D eigenvalue weighted by atomic mass is 32.2. The van der Waals surface area contributed by atoms with Crippen LogP contribution in [0.1, 0.15) is 56.9 Å². The minimum Gasteiger partial charge on any atom is -0.490 e. The molecule has 1 aliphatic carbocycles. The first-order valence-corrected chi connectivity index (χ1v) is 14.9. The molecular formula is C28H39N5O3S. The molecule has 4 aliphatic heterocycles. The van der Waals surface area contributed by atoms with Crippen LogP contribution in [0.4, 0.5) is 10.5 Å². The smallest absolute Gasteiger partial charge is 0.326 e. The fourth-order valence-electron chi connectivity index (χ4n) is 6.78. The molecule has 4 fully saturated rings. The molecule has 4 atom stereocenters. The van der Waals surface area contributed by atoms with E-state index >= 15 is 0 Å². The van der Waals surface area contributed by atoms with Gasteiger partial charge in [-0.15, -0.1) is 0 Å². The van der Waals surface area contributed by atoms with Gasteiger partial charge in [-0.3, -0.25) is 9.69 Å². The standard InChI is InChI=1S/C28H39N5O3S/c1-17-15-20(36-19-8-4-3-5-9-19)10-11-21(17)33-22-12-13-29-27-23(22)24(31-28(33)35)25(37-27)26(34)30-18-7-6-14-32(2)16-18/h10-11,15,18-19,22-23,27,29H,3-9,12-14,16H2,1-2H3,(H,30,34)(H,31,35)/t18-,22?,23?,27?/m1/s1. The van der Waals surface area contributed by atoms with Crippen molar-refractivity contribution in [1.82, 2.24) is 20.9 Å². The zero-order chi connectivity index (χ0) is 25.5. The largest absolute Gasteiger partial charge is 0.490 e. The number of anilines is 1. The number of amides is 3. The molecule has 3 N–H and O–H groups in total. The lowest BCUT2D eigenvalue weighted by atomic mass is 9.86. The normalized spacial score (nSPS) is 30.6. The minimum absolute atomic E-state index is 0.0115. The van der Waals surface area contributed by atoms with Gasteiger partial charge in [-0.2, -0.15) is 0 Å². The van der Waals surface area contributed by atoms with Crippen molar-refractivity contribution in [3.05, 3.63) is 34.4 Å². The van der Waals surface area contributed by atoms with E-state index in [4.69, 9.17) is 4.74 Å². The Kier molecular flexibility index (Phi) is 7.11. The highest BCUT2D eigenvalue weighted by Crippen LogP contribution is 2.48. The summed E-state index contributed by atoms with van der Waals surface area (Å²) in [6.45, 7) is 4.82. The highest BCUT2D eigenvalue weighted by Gasteiger charge is 2.52. The van der Waals surface area contributed by atoms with Crippen LogP contribution in [0.3, 0.4) is 0 Å².